The first-order valence-corrected chi connectivity index (χ1v) is 8.10. The van der Waals surface area contributed by atoms with E-state index in [9.17, 15) is 4.79 Å². The van der Waals surface area contributed by atoms with Crippen LogP contribution in [-0.2, 0) is 11.3 Å². The fraction of sp³-hybridized carbons (Fsp3) is 0.750. The van der Waals surface area contributed by atoms with Crippen LogP contribution >= 0.6 is 0 Å². The molecular formula is C16H28N4O. The van der Waals surface area contributed by atoms with Gasteiger partial charge in [0.1, 0.15) is 0 Å². The molecule has 0 aliphatic heterocycles. The van der Waals surface area contributed by atoms with Crippen molar-refractivity contribution < 1.29 is 4.79 Å². The Kier molecular flexibility index (Phi) is 6.23. The van der Waals surface area contributed by atoms with Crippen molar-refractivity contribution in [3.63, 3.8) is 0 Å². The molecule has 5 heteroatoms. The minimum Gasteiger partial charge on any atom is -0.323 e. The summed E-state index contributed by atoms with van der Waals surface area (Å²) in [5, 5.41) is 7.22. The normalized spacial score (nSPS) is 16.3. The van der Waals surface area contributed by atoms with Crippen molar-refractivity contribution in [3.05, 3.63) is 12.4 Å². The summed E-state index contributed by atoms with van der Waals surface area (Å²) in [6.07, 6.45) is 11.9. The SMILES string of the molecule is CN(C)CCn1cc(NC(=O)CCC2CCCCC2)cn1. The average molecular weight is 292 g/mol. The van der Waals surface area contributed by atoms with Gasteiger partial charge >= 0.3 is 0 Å². The molecule has 1 aromatic rings. The van der Waals surface area contributed by atoms with Gasteiger partial charge in [0, 0.05) is 19.2 Å². The second-order valence-corrected chi connectivity index (χ2v) is 6.39. The summed E-state index contributed by atoms with van der Waals surface area (Å²) in [5.41, 5.74) is 0.808. The summed E-state index contributed by atoms with van der Waals surface area (Å²) in [6.45, 7) is 1.78. The van der Waals surface area contributed by atoms with E-state index < -0.39 is 0 Å². The lowest BCUT2D eigenvalue weighted by Crippen LogP contribution is -2.18. The van der Waals surface area contributed by atoms with Crippen LogP contribution in [0.1, 0.15) is 44.9 Å². The highest BCUT2D eigenvalue weighted by molar-refractivity contribution is 5.90. The fourth-order valence-corrected chi connectivity index (χ4v) is 2.89. The van der Waals surface area contributed by atoms with Gasteiger partial charge in [0.05, 0.1) is 18.4 Å². The van der Waals surface area contributed by atoms with Gasteiger partial charge in [-0.25, -0.2) is 0 Å². The smallest absolute Gasteiger partial charge is 0.224 e. The Morgan fingerprint density at radius 1 is 1.38 bits per heavy atom. The summed E-state index contributed by atoms with van der Waals surface area (Å²) in [6, 6.07) is 0. The molecule has 0 radical (unpaired) electrons. The Bertz CT molecular complexity index is 435. The maximum Gasteiger partial charge on any atom is 0.224 e. The highest BCUT2D eigenvalue weighted by atomic mass is 16.1. The number of nitrogens with zero attached hydrogens (tertiary/aromatic N) is 3. The first-order chi connectivity index (χ1) is 10.1. The summed E-state index contributed by atoms with van der Waals surface area (Å²) in [5.74, 6) is 0.875. The molecule has 1 N–H and O–H groups in total. The van der Waals surface area contributed by atoms with E-state index >= 15 is 0 Å². The van der Waals surface area contributed by atoms with Crippen LogP contribution in [0.5, 0.6) is 0 Å². The third-order valence-corrected chi connectivity index (χ3v) is 4.20. The Hall–Kier alpha value is -1.36. The van der Waals surface area contributed by atoms with Gasteiger partial charge in [-0.3, -0.25) is 9.48 Å². The number of carbonyl (C=O) groups is 1. The zero-order valence-corrected chi connectivity index (χ0v) is 13.3. The van der Waals surface area contributed by atoms with Crippen molar-refractivity contribution in [1.29, 1.82) is 0 Å². The number of aromatic nitrogens is 2. The van der Waals surface area contributed by atoms with Crippen LogP contribution in [0, 0.1) is 5.92 Å². The summed E-state index contributed by atoms with van der Waals surface area (Å²) in [7, 11) is 4.08. The Labute approximate surface area is 127 Å². The molecule has 0 bridgehead atoms. The largest absolute Gasteiger partial charge is 0.323 e. The highest BCUT2D eigenvalue weighted by Gasteiger charge is 2.15. The molecule has 0 spiro atoms. The molecule has 0 atom stereocenters. The molecule has 21 heavy (non-hydrogen) atoms. The molecule has 0 aromatic carbocycles. The van der Waals surface area contributed by atoms with Gasteiger partial charge in [0.25, 0.3) is 0 Å². The number of hydrogen-bond acceptors (Lipinski definition) is 3. The van der Waals surface area contributed by atoms with E-state index in [2.05, 4.69) is 15.3 Å². The minimum absolute atomic E-state index is 0.118. The van der Waals surface area contributed by atoms with Crippen LogP contribution in [0.15, 0.2) is 12.4 Å². The van der Waals surface area contributed by atoms with Gasteiger partial charge in [-0.05, 0) is 26.4 Å². The first kappa shape index (κ1) is 16.0. The third kappa shape index (κ3) is 5.87. The Balaban J connectivity index is 1.69. The zero-order valence-electron chi connectivity index (χ0n) is 13.3. The average Bonchev–Trinajstić information content (AvgIpc) is 2.91. The maximum absolute atomic E-state index is 12.0. The molecular weight excluding hydrogens is 264 g/mol. The molecule has 1 aromatic heterocycles. The molecule has 0 saturated heterocycles. The number of anilines is 1. The topological polar surface area (TPSA) is 50.2 Å². The predicted molar refractivity (Wildman–Crippen MR) is 85.2 cm³/mol. The second kappa shape index (κ2) is 8.17. The van der Waals surface area contributed by atoms with E-state index in [1.165, 1.54) is 32.1 Å². The van der Waals surface area contributed by atoms with Crippen LogP contribution < -0.4 is 5.32 Å². The predicted octanol–water partition coefficient (Wildman–Crippen LogP) is 2.74. The molecule has 1 aliphatic carbocycles. The standard InChI is InChI=1S/C16H28N4O/c1-19(2)10-11-20-13-15(12-17-20)18-16(21)9-8-14-6-4-3-5-7-14/h12-14H,3-11H2,1-2H3,(H,18,21). The minimum atomic E-state index is 0.118. The second-order valence-electron chi connectivity index (χ2n) is 6.39. The van der Waals surface area contributed by atoms with Crippen molar-refractivity contribution in [2.24, 2.45) is 5.92 Å². The summed E-state index contributed by atoms with van der Waals surface area (Å²) in [4.78, 5) is 14.1. The third-order valence-electron chi connectivity index (χ3n) is 4.20. The molecule has 1 saturated carbocycles. The summed E-state index contributed by atoms with van der Waals surface area (Å²) >= 11 is 0. The van der Waals surface area contributed by atoms with Gasteiger partial charge in [0.15, 0.2) is 0 Å². The van der Waals surface area contributed by atoms with Gasteiger partial charge in [-0.1, -0.05) is 32.1 Å². The van der Waals surface area contributed by atoms with E-state index in [-0.39, 0.29) is 5.91 Å². The number of nitrogens with one attached hydrogen (secondary N) is 1. The number of likely N-dealkylation sites (N-methyl/N-ethyl adjacent to an activating group) is 1. The van der Waals surface area contributed by atoms with E-state index in [1.54, 1.807) is 6.20 Å². The van der Waals surface area contributed by atoms with Gasteiger partial charge in [-0.2, -0.15) is 5.10 Å². The van der Waals surface area contributed by atoms with Crippen molar-refractivity contribution in [3.8, 4) is 0 Å². The molecule has 1 amide bonds. The van der Waals surface area contributed by atoms with E-state index in [0.717, 1.165) is 31.1 Å². The Morgan fingerprint density at radius 2 is 2.14 bits per heavy atom. The summed E-state index contributed by atoms with van der Waals surface area (Å²) < 4.78 is 1.87. The highest BCUT2D eigenvalue weighted by Crippen LogP contribution is 2.27. The molecule has 1 fully saturated rings. The van der Waals surface area contributed by atoms with Crippen LogP contribution in [0.4, 0.5) is 5.69 Å². The molecule has 0 unspecified atom stereocenters. The number of rotatable bonds is 7. The van der Waals surface area contributed by atoms with Crippen LogP contribution in [0.2, 0.25) is 0 Å². The lowest BCUT2D eigenvalue weighted by Gasteiger charge is -2.20. The van der Waals surface area contributed by atoms with Crippen molar-refractivity contribution in [2.45, 2.75) is 51.5 Å². The van der Waals surface area contributed by atoms with Gasteiger partial charge in [0.2, 0.25) is 5.91 Å². The van der Waals surface area contributed by atoms with Crippen molar-refractivity contribution in [2.75, 3.05) is 26.0 Å². The van der Waals surface area contributed by atoms with Gasteiger partial charge in [-0.15, -0.1) is 0 Å². The molecule has 118 valence electrons. The number of hydrogen-bond donors (Lipinski definition) is 1. The molecule has 2 rings (SSSR count). The Morgan fingerprint density at radius 3 is 2.86 bits per heavy atom. The molecule has 1 aliphatic rings. The van der Waals surface area contributed by atoms with E-state index in [4.69, 9.17) is 0 Å². The van der Waals surface area contributed by atoms with Crippen LogP contribution in [0.3, 0.4) is 0 Å². The zero-order chi connectivity index (χ0) is 15.1. The van der Waals surface area contributed by atoms with E-state index in [1.807, 2.05) is 25.0 Å². The molecule has 1 heterocycles. The lowest BCUT2D eigenvalue weighted by atomic mass is 9.86. The molecule has 5 nitrogen and oxygen atoms in total. The monoisotopic (exact) mass is 292 g/mol. The van der Waals surface area contributed by atoms with Crippen molar-refractivity contribution >= 4 is 11.6 Å². The lowest BCUT2D eigenvalue weighted by molar-refractivity contribution is -0.116. The number of carbonyl (C=O) groups excluding carboxylic acids is 1. The van der Waals surface area contributed by atoms with E-state index in [0.29, 0.717) is 6.42 Å². The van der Waals surface area contributed by atoms with Crippen LogP contribution in [-0.4, -0.2) is 41.2 Å². The maximum atomic E-state index is 12.0. The van der Waals surface area contributed by atoms with Crippen molar-refractivity contribution in [1.82, 2.24) is 14.7 Å². The first-order valence-electron chi connectivity index (χ1n) is 8.10. The quantitative estimate of drug-likeness (QED) is 0.840. The van der Waals surface area contributed by atoms with Gasteiger partial charge < -0.3 is 10.2 Å². The fourth-order valence-electron chi connectivity index (χ4n) is 2.89. The number of amides is 1. The van der Waals surface area contributed by atoms with Crippen LogP contribution in [0.25, 0.3) is 0 Å².